The number of ether oxygens (including phenoxy) is 1. The number of hydrogen-bond donors (Lipinski definition) is 1. The standard InChI is InChI=1S/C14H28N2O2/c1-12(2)13-5-4-8-16(9-6-13)14(17)11-15-7-10-18-3/h12-13,15H,4-11H2,1-3H3. The van der Waals surface area contributed by atoms with Crippen molar-refractivity contribution in [3.05, 3.63) is 0 Å². The summed E-state index contributed by atoms with van der Waals surface area (Å²) in [4.78, 5) is 14.0. The van der Waals surface area contributed by atoms with Crippen LogP contribution in [0.4, 0.5) is 0 Å². The molecule has 1 rings (SSSR count). The fourth-order valence-corrected chi connectivity index (χ4v) is 2.52. The highest BCUT2D eigenvalue weighted by molar-refractivity contribution is 5.78. The second-order valence-corrected chi connectivity index (χ2v) is 5.49. The summed E-state index contributed by atoms with van der Waals surface area (Å²) in [5.41, 5.74) is 0. The first-order chi connectivity index (χ1) is 8.65. The topological polar surface area (TPSA) is 41.6 Å². The van der Waals surface area contributed by atoms with Gasteiger partial charge < -0.3 is 15.0 Å². The van der Waals surface area contributed by atoms with Gasteiger partial charge >= 0.3 is 0 Å². The zero-order valence-electron chi connectivity index (χ0n) is 12.1. The van der Waals surface area contributed by atoms with Crippen molar-refractivity contribution in [2.24, 2.45) is 11.8 Å². The van der Waals surface area contributed by atoms with Crippen LogP contribution in [0.3, 0.4) is 0 Å². The monoisotopic (exact) mass is 256 g/mol. The molecule has 18 heavy (non-hydrogen) atoms. The molecule has 4 nitrogen and oxygen atoms in total. The fraction of sp³-hybridized carbons (Fsp3) is 0.929. The van der Waals surface area contributed by atoms with Crippen LogP contribution < -0.4 is 5.32 Å². The Kier molecular flexibility index (Phi) is 7.28. The number of nitrogens with zero attached hydrogens (tertiary/aromatic N) is 1. The van der Waals surface area contributed by atoms with E-state index in [2.05, 4.69) is 19.2 Å². The Labute approximate surface area is 111 Å². The lowest BCUT2D eigenvalue weighted by Crippen LogP contribution is -2.39. The molecule has 0 spiro atoms. The van der Waals surface area contributed by atoms with Gasteiger partial charge in [-0.1, -0.05) is 13.8 Å². The van der Waals surface area contributed by atoms with E-state index in [1.807, 2.05) is 4.90 Å². The Bertz CT molecular complexity index is 244. The average Bonchev–Trinajstić information content (AvgIpc) is 2.60. The summed E-state index contributed by atoms with van der Waals surface area (Å²) in [5.74, 6) is 1.75. The van der Waals surface area contributed by atoms with Crippen LogP contribution >= 0.6 is 0 Å². The molecule has 1 aliphatic rings. The van der Waals surface area contributed by atoms with Crippen molar-refractivity contribution < 1.29 is 9.53 Å². The molecular formula is C14H28N2O2. The molecule has 1 atom stereocenters. The third-order valence-electron chi connectivity index (χ3n) is 3.83. The Morgan fingerprint density at radius 1 is 1.39 bits per heavy atom. The number of methoxy groups -OCH3 is 1. The lowest BCUT2D eigenvalue weighted by atomic mass is 9.89. The maximum absolute atomic E-state index is 12.0. The van der Waals surface area contributed by atoms with E-state index >= 15 is 0 Å². The molecule has 0 radical (unpaired) electrons. The van der Waals surface area contributed by atoms with Gasteiger partial charge in [-0.15, -0.1) is 0 Å². The number of rotatable bonds is 6. The van der Waals surface area contributed by atoms with Crippen LogP contribution in [0.15, 0.2) is 0 Å². The smallest absolute Gasteiger partial charge is 0.236 e. The van der Waals surface area contributed by atoms with E-state index in [1.54, 1.807) is 7.11 Å². The summed E-state index contributed by atoms with van der Waals surface area (Å²) in [7, 11) is 1.67. The molecule has 0 aromatic heterocycles. The van der Waals surface area contributed by atoms with Crippen LogP contribution in [0.5, 0.6) is 0 Å². The quantitative estimate of drug-likeness (QED) is 0.732. The van der Waals surface area contributed by atoms with E-state index in [9.17, 15) is 4.79 Å². The molecule has 4 heteroatoms. The molecule has 1 aliphatic heterocycles. The zero-order valence-corrected chi connectivity index (χ0v) is 12.1. The number of nitrogens with one attached hydrogen (secondary N) is 1. The molecule has 0 aliphatic carbocycles. The van der Waals surface area contributed by atoms with Crippen molar-refractivity contribution in [3.63, 3.8) is 0 Å². The summed E-state index contributed by atoms with van der Waals surface area (Å²) in [6, 6.07) is 0. The van der Waals surface area contributed by atoms with E-state index < -0.39 is 0 Å². The molecule has 1 amide bonds. The van der Waals surface area contributed by atoms with Crippen molar-refractivity contribution in [1.29, 1.82) is 0 Å². The van der Waals surface area contributed by atoms with Gasteiger partial charge in [0.1, 0.15) is 0 Å². The zero-order chi connectivity index (χ0) is 13.4. The van der Waals surface area contributed by atoms with Gasteiger partial charge in [0.05, 0.1) is 13.2 Å². The van der Waals surface area contributed by atoms with E-state index in [-0.39, 0.29) is 5.91 Å². The second-order valence-electron chi connectivity index (χ2n) is 5.49. The van der Waals surface area contributed by atoms with Crippen molar-refractivity contribution >= 4 is 5.91 Å². The van der Waals surface area contributed by atoms with Gasteiger partial charge in [-0.3, -0.25) is 4.79 Å². The highest BCUT2D eigenvalue weighted by atomic mass is 16.5. The molecular weight excluding hydrogens is 228 g/mol. The Morgan fingerprint density at radius 2 is 2.17 bits per heavy atom. The molecule has 0 aromatic carbocycles. The average molecular weight is 256 g/mol. The van der Waals surface area contributed by atoms with E-state index in [4.69, 9.17) is 4.74 Å². The van der Waals surface area contributed by atoms with Gasteiger partial charge in [0.25, 0.3) is 0 Å². The highest BCUT2D eigenvalue weighted by Gasteiger charge is 2.21. The van der Waals surface area contributed by atoms with Crippen molar-refractivity contribution in [3.8, 4) is 0 Å². The maximum atomic E-state index is 12.0. The summed E-state index contributed by atoms with van der Waals surface area (Å²) in [6.07, 6.45) is 3.56. The third kappa shape index (κ3) is 5.36. The Morgan fingerprint density at radius 3 is 2.83 bits per heavy atom. The molecule has 1 heterocycles. The van der Waals surface area contributed by atoms with Crippen LogP contribution in [-0.2, 0) is 9.53 Å². The minimum absolute atomic E-state index is 0.232. The second kappa shape index (κ2) is 8.48. The number of amides is 1. The summed E-state index contributed by atoms with van der Waals surface area (Å²) >= 11 is 0. The molecule has 1 saturated heterocycles. The Hall–Kier alpha value is -0.610. The van der Waals surface area contributed by atoms with Gasteiger partial charge in [-0.2, -0.15) is 0 Å². The maximum Gasteiger partial charge on any atom is 0.236 e. The summed E-state index contributed by atoms with van der Waals surface area (Å²) in [6.45, 7) is 8.26. The van der Waals surface area contributed by atoms with Crippen molar-refractivity contribution in [2.45, 2.75) is 33.1 Å². The fourth-order valence-electron chi connectivity index (χ4n) is 2.52. The minimum atomic E-state index is 0.232. The van der Waals surface area contributed by atoms with Gasteiger partial charge in [0.15, 0.2) is 0 Å². The number of hydrogen-bond acceptors (Lipinski definition) is 3. The Balaban J connectivity index is 2.27. The van der Waals surface area contributed by atoms with Crippen LogP contribution in [0.2, 0.25) is 0 Å². The number of carbonyl (C=O) groups excluding carboxylic acids is 1. The highest BCUT2D eigenvalue weighted by Crippen LogP contribution is 2.24. The molecule has 0 aromatic rings. The first kappa shape index (κ1) is 15.4. The molecule has 1 unspecified atom stereocenters. The van der Waals surface area contributed by atoms with E-state index in [0.29, 0.717) is 13.2 Å². The minimum Gasteiger partial charge on any atom is -0.383 e. The van der Waals surface area contributed by atoms with Gasteiger partial charge in [0, 0.05) is 26.7 Å². The SMILES string of the molecule is COCCNCC(=O)N1CCCC(C(C)C)CC1. The molecule has 0 bridgehead atoms. The molecule has 0 saturated carbocycles. The summed E-state index contributed by atoms with van der Waals surface area (Å²) < 4.78 is 4.94. The lowest BCUT2D eigenvalue weighted by Gasteiger charge is -2.21. The predicted molar refractivity (Wildman–Crippen MR) is 73.5 cm³/mol. The third-order valence-corrected chi connectivity index (χ3v) is 3.83. The first-order valence-electron chi connectivity index (χ1n) is 7.12. The van der Waals surface area contributed by atoms with Crippen LogP contribution in [-0.4, -0.2) is 50.7 Å². The molecule has 106 valence electrons. The first-order valence-corrected chi connectivity index (χ1v) is 7.12. The van der Waals surface area contributed by atoms with Crippen LogP contribution in [0.25, 0.3) is 0 Å². The van der Waals surface area contributed by atoms with Crippen molar-refractivity contribution in [2.75, 3.05) is 39.9 Å². The molecule has 1 fully saturated rings. The largest absolute Gasteiger partial charge is 0.383 e. The molecule has 1 N–H and O–H groups in total. The number of likely N-dealkylation sites (tertiary alicyclic amines) is 1. The summed E-state index contributed by atoms with van der Waals surface area (Å²) in [5, 5.41) is 3.12. The predicted octanol–water partition coefficient (Wildman–Crippen LogP) is 1.51. The lowest BCUT2D eigenvalue weighted by molar-refractivity contribution is -0.130. The van der Waals surface area contributed by atoms with Gasteiger partial charge in [-0.25, -0.2) is 0 Å². The van der Waals surface area contributed by atoms with E-state index in [1.165, 1.54) is 6.42 Å². The van der Waals surface area contributed by atoms with Crippen molar-refractivity contribution in [1.82, 2.24) is 10.2 Å². The van der Waals surface area contributed by atoms with Gasteiger partial charge in [0.2, 0.25) is 5.91 Å². The van der Waals surface area contributed by atoms with Crippen LogP contribution in [0, 0.1) is 11.8 Å². The van der Waals surface area contributed by atoms with Gasteiger partial charge in [-0.05, 0) is 31.1 Å². The normalized spacial score (nSPS) is 21.1. The number of carbonyl (C=O) groups is 1. The van der Waals surface area contributed by atoms with E-state index in [0.717, 1.165) is 44.3 Å². The van der Waals surface area contributed by atoms with Crippen LogP contribution in [0.1, 0.15) is 33.1 Å².